The van der Waals surface area contributed by atoms with E-state index in [1.165, 1.54) is 12.1 Å². The van der Waals surface area contributed by atoms with Crippen LogP contribution in [0.1, 0.15) is 25.3 Å². The number of hydrogen-bond acceptors (Lipinski definition) is 2. The molecular formula is C12H18FNO. The molecule has 0 amide bonds. The fourth-order valence-electron chi connectivity index (χ4n) is 1.39. The van der Waals surface area contributed by atoms with Crippen LogP contribution in [0.3, 0.4) is 0 Å². The van der Waals surface area contributed by atoms with Crippen molar-refractivity contribution in [2.24, 2.45) is 0 Å². The summed E-state index contributed by atoms with van der Waals surface area (Å²) in [7, 11) is 0. The average Bonchev–Trinajstić information content (AvgIpc) is 2.25. The first-order valence-corrected chi connectivity index (χ1v) is 5.31. The molecule has 1 rings (SSSR count). The summed E-state index contributed by atoms with van der Waals surface area (Å²) in [5.41, 5.74) is 1.08. The third kappa shape index (κ3) is 4.91. The van der Waals surface area contributed by atoms with Crippen molar-refractivity contribution in [3.8, 4) is 0 Å². The normalized spacial score (nSPS) is 12.7. The Balaban J connectivity index is 2.27. The minimum absolute atomic E-state index is 0.202. The van der Waals surface area contributed by atoms with Crippen molar-refractivity contribution >= 4 is 0 Å². The smallest absolute Gasteiger partial charge is 0.123 e. The van der Waals surface area contributed by atoms with E-state index in [-0.39, 0.29) is 12.4 Å². The van der Waals surface area contributed by atoms with Crippen molar-refractivity contribution in [2.45, 2.75) is 32.4 Å². The number of benzene rings is 1. The van der Waals surface area contributed by atoms with Crippen LogP contribution in [0, 0.1) is 5.82 Å². The van der Waals surface area contributed by atoms with Gasteiger partial charge in [-0.1, -0.05) is 12.1 Å². The van der Waals surface area contributed by atoms with Crippen LogP contribution in [0.15, 0.2) is 24.3 Å². The van der Waals surface area contributed by atoms with Gasteiger partial charge in [0.15, 0.2) is 0 Å². The van der Waals surface area contributed by atoms with Gasteiger partial charge in [-0.3, -0.25) is 0 Å². The molecule has 15 heavy (non-hydrogen) atoms. The van der Waals surface area contributed by atoms with Crippen LogP contribution in [-0.4, -0.2) is 17.8 Å². The quantitative estimate of drug-likeness (QED) is 0.755. The first-order valence-electron chi connectivity index (χ1n) is 5.31. The van der Waals surface area contributed by atoms with Gasteiger partial charge in [0.1, 0.15) is 5.82 Å². The van der Waals surface area contributed by atoms with E-state index >= 15 is 0 Å². The number of halogens is 1. The number of aliphatic hydroxyl groups is 1. The first kappa shape index (κ1) is 12.1. The van der Waals surface area contributed by atoms with Crippen molar-refractivity contribution in [2.75, 3.05) is 6.61 Å². The second kappa shape index (κ2) is 6.53. The van der Waals surface area contributed by atoms with Gasteiger partial charge in [-0.25, -0.2) is 4.39 Å². The molecule has 0 unspecified atom stereocenters. The molecule has 0 saturated carbocycles. The van der Waals surface area contributed by atoms with Crippen LogP contribution in [0.5, 0.6) is 0 Å². The highest BCUT2D eigenvalue weighted by Gasteiger charge is 2.00. The molecule has 0 saturated heterocycles. The lowest BCUT2D eigenvalue weighted by molar-refractivity contribution is 0.276. The Morgan fingerprint density at radius 2 is 2.00 bits per heavy atom. The molecule has 0 aliphatic heterocycles. The molecule has 84 valence electrons. The summed E-state index contributed by atoms with van der Waals surface area (Å²) < 4.78 is 12.6. The summed E-state index contributed by atoms with van der Waals surface area (Å²) >= 11 is 0. The van der Waals surface area contributed by atoms with Crippen LogP contribution in [-0.2, 0) is 6.54 Å². The Kier molecular flexibility index (Phi) is 5.29. The topological polar surface area (TPSA) is 32.3 Å². The monoisotopic (exact) mass is 211 g/mol. The van der Waals surface area contributed by atoms with E-state index in [1.807, 2.05) is 0 Å². The molecule has 1 aromatic carbocycles. The largest absolute Gasteiger partial charge is 0.396 e. The molecule has 3 heteroatoms. The molecule has 2 N–H and O–H groups in total. The molecule has 0 radical (unpaired) electrons. The van der Waals surface area contributed by atoms with Gasteiger partial charge in [-0.15, -0.1) is 0 Å². The summed E-state index contributed by atoms with van der Waals surface area (Å²) in [6.45, 7) is 3.06. The van der Waals surface area contributed by atoms with E-state index in [2.05, 4.69) is 12.2 Å². The third-order valence-corrected chi connectivity index (χ3v) is 2.36. The fourth-order valence-corrected chi connectivity index (χ4v) is 1.39. The fraction of sp³-hybridized carbons (Fsp3) is 0.500. The van der Waals surface area contributed by atoms with Crippen molar-refractivity contribution in [3.05, 3.63) is 35.6 Å². The second-order valence-corrected chi connectivity index (χ2v) is 3.77. The lowest BCUT2D eigenvalue weighted by Gasteiger charge is -2.12. The van der Waals surface area contributed by atoms with Gasteiger partial charge in [0.05, 0.1) is 0 Å². The second-order valence-electron chi connectivity index (χ2n) is 3.77. The zero-order chi connectivity index (χ0) is 11.1. The lowest BCUT2D eigenvalue weighted by Crippen LogP contribution is -2.25. The van der Waals surface area contributed by atoms with E-state index in [0.717, 1.165) is 24.9 Å². The summed E-state index contributed by atoms with van der Waals surface area (Å²) in [6.07, 6.45) is 1.77. The van der Waals surface area contributed by atoms with Gasteiger partial charge in [0, 0.05) is 19.2 Å². The Labute approximate surface area is 90.1 Å². The molecule has 0 aromatic heterocycles. The maximum absolute atomic E-state index is 12.6. The molecule has 0 bridgehead atoms. The van der Waals surface area contributed by atoms with Crippen molar-refractivity contribution < 1.29 is 9.50 Å². The highest BCUT2D eigenvalue weighted by molar-refractivity contribution is 5.15. The molecule has 0 aliphatic rings. The maximum atomic E-state index is 12.6. The predicted octanol–water partition coefficient (Wildman–Crippen LogP) is 2.08. The summed E-state index contributed by atoms with van der Waals surface area (Å²) in [4.78, 5) is 0. The van der Waals surface area contributed by atoms with E-state index < -0.39 is 0 Å². The van der Waals surface area contributed by atoms with Gasteiger partial charge in [0.25, 0.3) is 0 Å². The number of nitrogens with one attached hydrogen (secondary N) is 1. The van der Waals surface area contributed by atoms with Gasteiger partial charge in [-0.2, -0.15) is 0 Å². The number of hydrogen-bond donors (Lipinski definition) is 2. The predicted molar refractivity (Wildman–Crippen MR) is 59.0 cm³/mol. The van der Waals surface area contributed by atoms with Crippen LogP contribution in [0.25, 0.3) is 0 Å². The van der Waals surface area contributed by atoms with Gasteiger partial charge in [0.2, 0.25) is 0 Å². The molecule has 0 spiro atoms. The van der Waals surface area contributed by atoms with Gasteiger partial charge < -0.3 is 10.4 Å². The highest BCUT2D eigenvalue weighted by Crippen LogP contribution is 2.03. The van der Waals surface area contributed by atoms with Crippen molar-refractivity contribution in [1.82, 2.24) is 5.32 Å². The van der Waals surface area contributed by atoms with E-state index in [4.69, 9.17) is 5.11 Å². The van der Waals surface area contributed by atoms with Crippen LogP contribution < -0.4 is 5.32 Å². The van der Waals surface area contributed by atoms with E-state index in [9.17, 15) is 4.39 Å². The molecule has 0 heterocycles. The summed E-state index contributed by atoms with van der Waals surface area (Å²) in [5.74, 6) is -0.202. The van der Waals surface area contributed by atoms with Crippen molar-refractivity contribution in [1.29, 1.82) is 0 Å². The van der Waals surface area contributed by atoms with Gasteiger partial charge >= 0.3 is 0 Å². The maximum Gasteiger partial charge on any atom is 0.123 e. The summed E-state index contributed by atoms with van der Waals surface area (Å²) in [6, 6.07) is 6.87. The lowest BCUT2D eigenvalue weighted by atomic mass is 10.1. The minimum Gasteiger partial charge on any atom is -0.396 e. The van der Waals surface area contributed by atoms with E-state index in [0.29, 0.717) is 6.04 Å². The third-order valence-electron chi connectivity index (χ3n) is 2.36. The number of rotatable bonds is 6. The zero-order valence-electron chi connectivity index (χ0n) is 9.04. The number of aliphatic hydroxyl groups excluding tert-OH is 1. The Morgan fingerprint density at radius 1 is 1.33 bits per heavy atom. The van der Waals surface area contributed by atoms with Crippen LogP contribution in [0.2, 0.25) is 0 Å². The van der Waals surface area contributed by atoms with Gasteiger partial charge in [-0.05, 0) is 37.5 Å². The average molecular weight is 211 g/mol. The van der Waals surface area contributed by atoms with Crippen molar-refractivity contribution in [3.63, 3.8) is 0 Å². The highest BCUT2D eigenvalue weighted by atomic mass is 19.1. The Hall–Kier alpha value is -0.930. The standard InChI is InChI=1S/C12H18FNO/c1-10(3-2-8-15)14-9-11-4-6-12(13)7-5-11/h4-7,10,14-15H,2-3,8-9H2,1H3/t10-/m0/s1. The minimum atomic E-state index is -0.202. The molecule has 2 nitrogen and oxygen atoms in total. The molecule has 0 aliphatic carbocycles. The van der Waals surface area contributed by atoms with Crippen LogP contribution >= 0.6 is 0 Å². The molecular weight excluding hydrogens is 193 g/mol. The molecule has 0 fully saturated rings. The van der Waals surface area contributed by atoms with E-state index in [1.54, 1.807) is 12.1 Å². The Morgan fingerprint density at radius 3 is 2.60 bits per heavy atom. The Bertz CT molecular complexity index is 273. The molecule has 1 aromatic rings. The molecule has 1 atom stereocenters. The first-order chi connectivity index (χ1) is 7.22. The summed E-state index contributed by atoms with van der Waals surface area (Å²) in [5, 5.41) is 12.0. The zero-order valence-corrected chi connectivity index (χ0v) is 9.04. The SMILES string of the molecule is C[C@@H](CCCO)NCc1ccc(F)cc1. The van der Waals surface area contributed by atoms with Crippen LogP contribution in [0.4, 0.5) is 4.39 Å².